The van der Waals surface area contributed by atoms with E-state index in [0.717, 1.165) is 17.7 Å². The monoisotopic (exact) mass is 375 g/mol. The number of carbonyl (C=O) groups is 2. The summed E-state index contributed by atoms with van der Waals surface area (Å²) < 4.78 is 33.8. The van der Waals surface area contributed by atoms with E-state index < -0.39 is 18.7 Å². The molecule has 0 saturated carbocycles. The van der Waals surface area contributed by atoms with Gasteiger partial charge in [0.2, 0.25) is 0 Å². The quantitative estimate of drug-likeness (QED) is 0.746. The summed E-state index contributed by atoms with van der Waals surface area (Å²) in [6.45, 7) is 0.516. The number of alkyl halides is 2. The van der Waals surface area contributed by atoms with Gasteiger partial charge in [0.15, 0.2) is 6.10 Å². The number of anilines is 1. The number of hydrogen-bond donors (Lipinski definition) is 0. The zero-order valence-electron chi connectivity index (χ0n) is 14.9. The molecule has 1 amide bonds. The van der Waals surface area contributed by atoms with Gasteiger partial charge in [-0.15, -0.1) is 0 Å². The van der Waals surface area contributed by atoms with Crippen LogP contribution in [0, 0.1) is 0 Å². The molecule has 0 radical (unpaired) electrons. The number of esters is 1. The van der Waals surface area contributed by atoms with Gasteiger partial charge in [0.1, 0.15) is 5.75 Å². The molecule has 0 N–H and O–H groups in total. The first kappa shape index (κ1) is 18.8. The average Bonchev–Trinajstić information content (AvgIpc) is 2.96. The zero-order chi connectivity index (χ0) is 19.6. The number of carbonyl (C=O) groups excluding carboxylic acids is 2. The fourth-order valence-electron chi connectivity index (χ4n) is 3.15. The maximum atomic E-state index is 12.8. The molecule has 0 spiro atoms. The lowest BCUT2D eigenvalue weighted by Gasteiger charge is -2.25. The van der Waals surface area contributed by atoms with Crippen LogP contribution in [-0.4, -0.2) is 30.6 Å². The summed E-state index contributed by atoms with van der Waals surface area (Å²) in [5.41, 5.74) is 2.05. The van der Waals surface area contributed by atoms with E-state index in [1.807, 2.05) is 31.2 Å². The molecule has 1 aliphatic heterocycles. The Morgan fingerprint density at radius 2 is 1.78 bits per heavy atom. The number of hydrogen-bond acceptors (Lipinski definition) is 4. The summed E-state index contributed by atoms with van der Waals surface area (Å²) in [7, 11) is 0. The molecule has 0 fully saturated rings. The van der Waals surface area contributed by atoms with E-state index in [1.54, 1.807) is 4.90 Å². The molecule has 0 unspecified atom stereocenters. The van der Waals surface area contributed by atoms with Crippen LogP contribution in [0.1, 0.15) is 29.8 Å². The second-order valence-corrected chi connectivity index (χ2v) is 6.34. The first-order chi connectivity index (χ1) is 12.9. The van der Waals surface area contributed by atoms with E-state index in [4.69, 9.17) is 4.74 Å². The van der Waals surface area contributed by atoms with Crippen molar-refractivity contribution in [2.24, 2.45) is 0 Å². The molecule has 0 bridgehead atoms. The smallest absolute Gasteiger partial charge is 0.387 e. The first-order valence-electron chi connectivity index (χ1n) is 8.53. The van der Waals surface area contributed by atoms with Gasteiger partial charge in [0.05, 0.1) is 5.56 Å². The third-order valence-electron chi connectivity index (χ3n) is 4.39. The van der Waals surface area contributed by atoms with Crippen LogP contribution < -0.4 is 9.64 Å². The molecule has 2 aromatic rings. The first-order valence-corrected chi connectivity index (χ1v) is 8.53. The van der Waals surface area contributed by atoms with Crippen molar-refractivity contribution in [3.8, 4) is 5.75 Å². The van der Waals surface area contributed by atoms with E-state index in [9.17, 15) is 18.4 Å². The minimum absolute atomic E-state index is 0.0261. The summed E-state index contributed by atoms with van der Waals surface area (Å²) in [5.74, 6) is -1.08. The standard InChI is InChI=1S/C20H19F2NO4/c1-12-11-15-5-3-4-6-17(15)23(12)18(24)13(2)26-19(25)14-7-9-16(10-8-14)27-20(21)22/h3-10,12-13,20H,11H2,1-2H3/t12-,13+/m0/s1. The van der Waals surface area contributed by atoms with Crippen LogP contribution in [0.25, 0.3) is 0 Å². The Morgan fingerprint density at radius 3 is 2.44 bits per heavy atom. The van der Waals surface area contributed by atoms with Crippen molar-refractivity contribution in [1.82, 2.24) is 0 Å². The van der Waals surface area contributed by atoms with Crippen molar-refractivity contribution in [1.29, 1.82) is 0 Å². The number of fused-ring (bicyclic) bond motifs is 1. The highest BCUT2D eigenvalue weighted by atomic mass is 19.3. The SMILES string of the molecule is C[C@@H](OC(=O)c1ccc(OC(F)F)cc1)C(=O)N1c2ccccc2C[C@@H]1C. The Hall–Kier alpha value is -2.96. The predicted octanol–water partition coefficient (Wildman–Crippen LogP) is 3.81. The highest BCUT2D eigenvalue weighted by Gasteiger charge is 2.34. The predicted molar refractivity (Wildman–Crippen MR) is 95.0 cm³/mol. The van der Waals surface area contributed by atoms with Crippen LogP contribution in [-0.2, 0) is 16.0 Å². The highest BCUT2D eigenvalue weighted by molar-refractivity contribution is 6.00. The summed E-state index contributed by atoms with van der Waals surface area (Å²) >= 11 is 0. The number of amides is 1. The Balaban J connectivity index is 1.67. The molecule has 0 aliphatic carbocycles. The molecule has 5 nitrogen and oxygen atoms in total. The highest BCUT2D eigenvalue weighted by Crippen LogP contribution is 2.32. The molecule has 27 heavy (non-hydrogen) atoms. The molecular weight excluding hydrogens is 356 g/mol. The van der Waals surface area contributed by atoms with Crippen molar-refractivity contribution < 1.29 is 27.8 Å². The van der Waals surface area contributed by atoms with Gasteiger partial charge >= 0.3 is 12.6 Å². The van der Waals surface area contributed by atoms with Gasteiger partial charge in [-0.05, 0) is 56.2 Å². The molecule has 2 atom stereocenters. The van der Waals surface area contributed by atoms with Gasteiger partial charge in [-0.1, -0.05) is 18.2 Å². The lowest BCUT2D eigenvalue weighted by molar-refractivity contribution is -0.126. The van der Waals surface area contributed by atoms with Crippen LogP contribution >= 0.6 is 0 Å². The van der Waals surface area contributed by atoms with Crippen LogP contribution in [0.15, 0.2) is 48.5 Å². The Morgan fingerprint density at radius 1 is 1.11 bits per heavy atom. The fourth-order valence-corrected chi connectivity index (χ4v) is 3.15. The van der Waals surface area contributed by atoms with Gasteiger partial charge in [-0.25, -0.2) is 4.79 Å². The van der Waals surface area contributed by atoms with Gasteiger partial charge in [0.25, 0.3) is 5.91 Å². The molecule has 1 aliphatic rings. The molecular formula is C20H19F2NO4. The zero-order valence-corrected chi connectivity index (χ0v) is 14.9. The van der Waals surface area contributed by atoms with Crippen molar-refractivity contribution in [3.05, 3.63) is 59.7 Å². The van der Waals surface area contributed by atoms with Crippen LogP contribution in [0.3, 0.4) is 0 Å². The van der Waals surface area contributed by atoms with Crippen LogP contribution in [0.5, 0.6) is 5.75 Å². The summed E-state index contributed by atoms with van der Waals surface area (Å²) in [6, 6.07) is 12.7. The summed E-state index contributed by atoms with van der Waals surface area (Å²) in [4.78, 5) is 26.7. The number of nitrogens with zero attached hydrogens (tertiary/aromatic N) is 1. The Bertz CT molecular complexity index is 838. The number of para-hydroxylation sites is 1. The largest absolute Gasteiger partial charge is 0.449 e. The number of ether oxygens (including phenoxy) is 2. The second-order valence-electron chi connectivity index (χ2n) is 6.34. The molecule has 2 aromatic carbocycles. The maximum Gasteiger partial charge on any atom is 0.387 e. The van der Waals surface area contributed by atoms with Crippen molar-refractivity contribution in [3.63, 3.8) is 0 Å². The minimum Gasteiger partial charge on any atom is -0.449 e. The molecule has 142 valence electrons. The van der Waals surface area contributed by atoms with Crippen LogP contribution in [0.2, 0.25) is 0 Å². The summed E-state index contributed by atoms with van der Waals surface area (Å²) in [6.07, 6.45) is -0.239. The Labute approximate surface area is 155 Å². The van der Waals surface area contributed by atoms with Gasteiger partial charge in [-0.2, -0.15) is 8.78 Å². The molecule has 0 aromatic heterocycles. The number of rotatable bonds is 5. The van der Waals surface area contributed by atoms with E-state index in [-0.39, 0.29) is 23.3 Å². The van der Waals surface area contributed by atoms with Crippen molar-refractivity contribution in [2.75, 3.05) is 4.90 Å². The van der Waals surface area contributed by atoms with E-state index in [0.29, 0.717) is 0 Å². The molecule has 0 saturated heterocycles. The van der Waals surface area contributed by atoms with E-state index in [2.05, 4.69) is 4.74 Å². The van der Waals surface area contributed by atoms with E-state index in [1.165, 1.54) is 31.2 Å². The normalized spacial score (nSPS) is 16.8. The minimum atomic E-state index is -2.94. The average molecular weight is 375 g/mol. The van der Waals surface area contributed by atoms with Gasteiger partial charge in [-0.3, -0.25) is 4.79 Å². The maximum absolute atomic E-state index is 12.8. The molecule has 3 rings (SSSR count). The van der Waals surface area contributed by atoms with Crippen LogP contribution in [0.4, 0.5) is 14.5 Å². The third kappa shape index (κ3) is 4.07. The third-order valence-corrected chi connectivity index (χ3v) is 4.39. The lowest BCUT2D eigenvalue weighted by atomic mass is 10.1. The molecule has 1 heterocycles. The lowest BCUT2D eigenvalue weighted by Crippen LogP contribution is -2.43. The van der Waals surface area contributed by atoms with Crippen molar-refractivity contribution in [2.45, 2.75) is 39.0 Å². The summed E-state index contributed by atoms with van der Waals surface area (Å²) in [5, 5.41) is 0. The van der Waals surface area contributed by atoms with Crippen molar-refractivity contribution >= 4 is 17.6 Å². The fraction of sp³-hybridized carbons (Fsp3) is 0.300. The number of benzene rings is 2. The van der Waals surface area contributed by atoms with Gasteiger partial charge < -0.3 is 14.4 Å². The van der Waals surface area contributed by atoms with Gasteiger partial charge in [0, 0.05) is 11.7 Å². The Kier molecular flexibility index (Phi) is 5.39. The topological polar surface area (TPSA) is 55.8 Å². The van der Waals surface area contributed by atoms with E-state index >= 15 is 0 Å². The second kappa shape index (κ2) is 7.73. The molecule has 7 heteroatoms. The number of halogens is 2.